The van der Waals surface area contributed by atoms with Crippen molar-refractivity contribution in [3.8, 4) is 0 Å². The molecule has 0 atom stereocenters. The molecule has 0 aromatic carbocycles. The van der Waals surface area contributed by atoms with Gasteiger partial charge in [-0.25, -0.2) is 0 Å². The molecule has 0 aliphatic carbocycles. The Labute approximate surface area is 57.9 Å². The van der Waals surface area contributed by atoms with Crippen LogP contribution in [0.3, 0.4) is 0 Å². The highest BCUT2D eigenvalue weighted by molar-refractivity contribution is 5.18. The molecule has 0 amide bonds. The van der Waals surface area contributed by atoms with Gasteiger partial charge in [-0.05, 0) is 6.58 Å². The molecule has 0 rings (SSSR count). The van der Waals surface area contributed by atoms with Gasteiger partial charge in [0.05, 0.1) is 4.92 Å². The Balaban J connectivity index is 4.58. The van der Waals surface area contributed by atoms with Crippen LogP contribution in [0.4, 0.5) is 0 Å². The molecule has 0 aliphatic rings. The van der Waals surface area contributed by atoms with Crippen LogP contribution in [0.5, 0.6) is 0 Å². The Morgan fingerprint density at radius 3 is 2.30 bits per heavy atom. The average Bonchev–Trinajstić information content (AvgIpc) is 1.81. The van der Waals surface area contributed by atoms with Gasteiger partial charge in [-0.3, -0.25) is 10.1 Å². The van der Waals surface area contributed by atoms with Crippen molar-refractivity contribution in [1.82, 2.24) is 0 Å². The minimum absolute atomic E-state index is 0.435. The lowest BCUT2D eigenvalue weighted by atomic mass is 10.3. The normalized spacial score (nSPS) is 10.6. The van der Waals surface area contributed by atoms with Gasteiger partial charge in [-0.1, -0.05) is 12.7 Å². The van der Waals surface area contributed by atoms with Gasteiger partial charge in [0.1, 0.15) is 0 Å². The van der Waals surface area contributed by atoms with Crippen LogP contribution in [-0.4, -0.2) is 10.0 Å². The van der Waals surface area contributed by atoms with Crippen molar-refractivity contribution in [2.45, 2.75) is 0 Å². The van der Waals surface area contributed by atoms with Crippen molar-refractivity contribution in [3.63, 3.8) is 0 Å². The lowest BCUT2D eigenvalue weighted by molar-refractivity contribution is -0.423. The molecule has 4 nitrogen and oxygen atoms in total. The fourth-order valence-corrected chi connectivity index (χ4v) is 0.374. The van der Waals surface area contributed by atoms with Crippen molar-refractivity contribution in [2.24, 2.45) is 0 Å². The lowest BCUT2D eigenvalue weighted by Crippen LogP contribution is -1.99. The van der Waals surface area contributed by atoms with E-state index in [4.69, 9.17) is 5.11 Å². The van der Waals surface area contributed by atoms with E-state index in [1.165, 1.54) is 6.08 Å². The first-order valence-corrected chi connectivity index (χ1v) is 2.45. The number of aliphatic hydroxyl groups excluding tert-OH is 1. The molecule has 1 N–H and O–H groups in total. The number of aliphatic hydroxyl groups is 1. The molecule has 0 radical (unpaired) electrons. The Bertz CT molecular complexity index is 189. The third-order valence-corrected chi connectivity index (χ3v) is 0.768. The summed E-state index contributed by atoms with van der Waals surface area (Å²) in [7, 11) is 0. The molecule has 0 saturated heterocycles. The van der Waals surface area contributed by atoms with E-state index in [0.717, 1.165) is 6.08 Å². The lowest BCUT2D eigenvalue weighted by Gasteiger charge is -1.91. The molecule has 0 aromatic heterocycles. The molecule has 10 heavy (non-hydrogen) atoms. The molecule has 54 valence electrons. The second-order valence-electron chi connectivity index (χ2n) is 1.49. The van der Waals surface area contributed by atoms with Crippen LogP contribution < -0.4 is 0 Å². The summed E-state index contributed by atoms with van der Waals surface area (Å²) < 4.78 is 0. The van der Waals surface area contributed by atoms with Gasteiger partial charge in [0.2, 0.25) is 0 Å². The molecule has 0 aromatic rings. The first kappa shape index (κ1) is 8.42. The van der Waals surface area contributed by atoms with E-state index in [1.54, 1.807) is 0 Å². The van der Waals surface area contributed by atoms with Crippen molar-refractivity contribution in [3.05, 3.63) is 46.9 Å². The molecular formula is C6H7NO3. The van der Waals surface area contributed by atoms with Crippen molar-refractivity contribution < 1.29 is 10.0 Å². The van der Waals surface area contributed by atoms with Gasteiger partial charge in [0.25, 0.3) is 0 Å². The third kappa shape index (κ3) is 2.13. The highest BCUT2D eigenvalue weighted by Crippen LogP contribution is 2.03. The van der Waals surface area contributed by atoms with E-state index in [1.807, 2.05) is 0 Å². The van der Waals surface area contributed by atoms with E-state index in [-0.39, 0.29) is 0 Å². The van der Waals surface area contributed by atoms with Gasteiger partial charge in [0, 0.05) is 6.08 Å². The second kappa shape index (κ2) is 3.45. The summed E-state index contributed by atoms with van der Waals surface area (Å²) in [5, 5.41) is 18.6. The monoisotopic (exact) mass is 141 g/mol. The summed E-state index contributed by atoms with van der Waals surface area (Å²) >= 11 is 0. The van der Waals surface area contributed by atoms with Gasteiger partial charge in [-0.2, -0.15) is 0 Å². The highest BCUT2D eigenvalue weighted by Gasteiger charge is 2.11. The maximum atomic E-state index is 10.00. The largest absolute Gasteiger partial charge is 0.503 e. The molecule has 4 heteroatoms. The molecular weight excluding hydrogens is 134 g/mol. The quantitative estimate of drug-likeness (QED) is 0.279. The summed E-state index contributed by atoms with van der Waals surface area (Å²) in [5.41, 5.74) is -0.435. The predicted molar refractivity (Wildman–Crippen MR) is 37.0 cm³/mol. The minimum Gasteiger partial charge on any atom is -0.503 e. The van der Waals surface area contributed by atoms with E-state index in [0.29, 0.717) is 0 Å². The SMILES string of the molecule is C=C/C=C(\C(=C)O)[N+](=O)[O-]. The number of rotatable bonds is 3. The fourth-order valence-electron chi connectivity index (χ4n) is 0.374. The third-order valence-electron chi connectivity index (χ3n) is 0.768. The molecule has 0 spiro atoms. The number of hydrogen-bond acceptors (Lipinski definition) is 3. The summed E-state index contributed by atoms with van der Waals surface area (Å²) in [6, 6.07) is 0. The Morgan fingerprint density at radius 1 is 1.70 bits per heavy atom. The van der Waals surface area contributed by atoms with E-state index >= 15 is 0 Å². The van der Waals surface area contributed by atoms with Crippen LogP contribution in [0.25, 0.3) is 0 Å². The van der Waals surface area contributed by atoms with Gasteiger partial charge in [-0.15, -0.1) is 0 Å². The van der Waals surface area contributed by atoms with Crippen LogP contribution in [0.1, 0.15) is 0 Å². The fraction of sp³-hybridized carbons (Fsp3) is 0. The second-order valence-corrected chi connectivity index (χ2v) is 1.49. The highest BCUT2D eigenvalue weighted by atomic mass is 16.6. The van der Waals surface area contributed by atoms with Crippen molar-refractivity contribution in [2.75, 3.05) is 0 Å². The number of hydrogen-bond donors (Lipinski definition) is 1. The minimum atomic E-state index is -0.732. The number of nitro groups is 1. The summed E-state index contributed by atoms with van der Waals surface area (Å²) in [6.07, 6.45) is 2.28. The number of nitrogens with zero attached hydrogens (tertiary/aromatic N) is 1. The van der Waals surface area contributed by atoms with E-state index < -0.39 is 16.4 Å². The number of allylic oxidation sites excluding steroid dienone is 2. The zero-order valence-corrected chi connectivity index (χ0v) is 5.28. The predicted octanol–water partition coefficient (Wildman–Crippen LogP) is 1.40. The molecule has 0 heterocycles. The molecule has 0 fully saturated rings. The molecule has 0 unspecified atom stereocenters. The topological polar surface area (TPSA) is 63.4 Å². The molecule has 0 saturated carbocycles. The van der Waals surface area contributed by atoms with E-state index in [9.17, 15) is 10.1 Å². The van der Waals surface area contributed by atoms with Gasteiger partial charge >= 0.3 is 5.70 Å². The van der Waals surface area contributed by atoms with Crippen molar-refractivity contribution in [1.29, 1.82) is 0 Å². The van der Waals surface area contributed by atoms with Gasteiger partial charge in [0.15, 0.2) is 5.76 Å². The van der Waals surface area contributed by atoms with Crippen LogP contribution in [0, 0.1) is 10.1 Å². The van der Waals surface area contributed by atoms with Crippen LogP contribution in [-0.2, 0) is 0 Å². The summed E-state index contributed by atoms with van der Waals surface area (Å²) in [4.78, 5) is 9.27. The van der Waals surface area contributed by atoms with Crippen LogP contribution in [0.15, 0.2) is 36.8 Å². The zero-order valence-electron chi connectivity index (χ0n) is 5.28. The summed E-state index contributed by atoms with van der Waals surface area (Å²) in [5.74, 6) is -0.565. The standard InChI is InChI=1S/C6H7NO3/c1-3-4-6(5(2)8)7(9)10/h3-4,8H,1-2H2/b6-4+. The van der Waals surface area contributed by atoms with Gasteiger partial charge < -0.3 is 5.11 Å². The maximum absolute atomic E-state index is 10.00. The maximum Gasteiger partial charge on any atom is 0.310 e. The van der Waals surface area contributed by atoms with Crippen molar-refractivity contribution >= 4 is 0 Å². The Kier molecular flexibility index (Phi) is 2.90. The summed E-state index contributed by atoms with van der Waals surface area (Å²) in [6.45, 7) is 6.23. The smallest absolute Gasteiger partial charge is 0.310 e. The Morgan fingerprint density at radius 2 is 2.20 bits per heavy atom. The van der Waals surface area contributed by atoms with Crippen LogP contribution in [0.2, 0.25) is 0 Å². The molecule has 0 aliphatic heterocycles. The Hall–Kier alpha value is -1.58. The molecule has 0 bridgehead atoms. The van der Waals surface area contributed by atoms with E-state index in [2.05, 4.69) is 13.2 Å². The zero-order chi connectivity index (χ0) is 8.15. The first-order valence-electron chi connectivity index (χ1n) is 2.45. The first-order chi connectivity index (χ1) is 4.59. The average molecular weight is 141 g/mol. The van der Waals surface area contributed by atoms with Crippen LogP contribution >= 0.6 is 0 Å².